The smallest absolute Gasteiger partial charge is 0.326 e. The number of ether oxygens (including phenoxy) is 1. The summed E-state index contributed by atoms with van der Waals surface area (Å²) >= 11 is 17.7. The third-order valence-electron chi connectivity index (χ3n) is 3.67. The summed E-state index contributed by atoms with van der Waals surface area (Å²) in [5.74, 6) is -1.43. The van der Waals surface area contributed by atoms with Crippen molar-refractivity contribution >= 4 is 63.4 Å². The van der Waals surface area contributed by atoms with E-state index in [4.69, 9.17) is 39.5 Å². The van der Waals surface area contributed by atoms with E-state index in [1.807, 2.05) is 0 Å². The highest BCUT2D eigenvalue weighted by Gasteiger charge is 2.14. The molecule has 0 saturated carbocycles. The number of anilines is 1. The van der Waals surface area contributed by atoms with Gasteiger partial charge in [0.1, 0.15) is 18.3 Å². The summed E-state index contributed by atoms with van der Waals surface area (Å²) in [5.41, 5.74) is 0.175. The molecular weight excluding hydrogens is 433 g/mol. The Morgan fingerprint density at radius 1 is 1.18 bits per heavy atom. The van der Waals surface area contributed by atoms with Gasteiger partial charge in [0, 0.05) is 7.05 Å². The Balaban J connectivity index is 1.60. The average Bonchev–Trinajstić information content (AvgIpc) is 3.02. The van der Waals surface area contributed by atoms with E-state index in [0.29, 0.717) is 5.65 Å². The number of benzene rings is 1. The van der Waals surface area contributed by atoms with E-state index in [-0.39, 0.29) is 26.1 Å². The molecule has 0 atom stereocenters. The Kier molecular flexibility index (Phi) is 5.87. The van der Waals surface area contributed by atoms with Gasteiger partial charge in [-0.25, -0.2) is 4.98 Å². The van der Waals surface area contributed by atoms with Crippen LogP contribution in [0, 0.1) is 0 Å². The molecule has 0 fully saturated rings. The van der Waals surface area contributed by atoms with E-state index < -0.39 is 30.6 Å². The number of carbonyl (C=O) groups excluding carboxylic acids is 2. The van der Waals surface area contributed by atoms with Crippen LogP contribution in [0.3, 0.4) is 0 Å². The second-order valence-corrected chi connectivity index (χ2v) is 6.86. The van der Waals surface area contributed by atoms with Gasteiger partial charge < -0.3 is 10.1 Å². The molecule has 0 unspecified atom stereocenters. The number of hydrogen-bond acceptors (Lipinski definition) is 6. The first-order valence-electron chi connectivity index (χ1n) is 7.73. The molecule has 2 aromatic heterocycles. The number of carbonyl (C=O) groups is 2. The molecule has 1 N–H and O–H groups in total. The zero-order valence-corrected chi connectivity index (χ0v) is 16.5. The summed E-state index contributed by atoms with van der Waals surface area (Å²) < 4.78 is 7.40. The Labute approximate surface area is 172 Å². The van der Waals surface area contributed by atoms with E-state index >= 15 is 0 Å². The number of hydrogen-bond donors (Lipinski definition) is 1. The minimum Gasteiger partial charge on any atom is -0.454 e. The topological polar surface area (TPSA) is 108 Å². The largest absolute Gasteiger partial charge is 0.454 e. The number of nitrogens with zero attached hydrogens (tertiary/aromatic N) is 4. The summed E-state index contributed by atoms with van der Waals surface area (Å²) in [7, 11) is 1.64. The zero-order chi connectivity index (χ0) is 20.4. The molecule has 0 aliphatic rings. The molecule has 146 valence electrons. The number of esters is 1. The van der Waals surface area contributed by atoms with Crippen LogP contribution >= 0.6 is 34.8 Å². The number of nitrogens with one attached hydrogen (secondary N) is 1. The number of aryl methyl sites for hydroxylation is 1. The third-order valence-corrected chi connectivity index (χ3v) is 4.70. The number of aromatic nitrogens is 4. The Hall–Kier alpha value is -2.62. The number of fused-ring (bicyclic) bond motifs is 1. The maximum atomic E-state index is 12.3. The van der Waals surface area contributed by atoms with Crippen LogP contribution in [0.4, 0.5) is 5.69 Å². The standard InChI is InChI=1S/C16H12Cl3N5O4/c1-23-15-8(4-21-23)16(27)24(7-20-15)5-14(26)28-6-13(25)22-12-3-10(18)9(17)2-11(12)19/h2-4,7H,5-6H2,1H3,(H,22,25). The van der Waals surface area contributed by atoms with E-state index in [2.05, 4.69) is 15.4 Å². The molecule has 28 heavy (non-hydrogen) atoms. The van der Waals surface area contributed by atoms with Crippen molar-refractivity contribution in [2.45, 2.75) is 6.54 Å². The maximum absolute atomic E-state index is 12.3. The fraction of sp³-hybridized carbons (Fsp3) is 0.188. The fourth-order valence-corrected chi connectivity index (χ4v) is 2.91. The molecule has 12 heteroatoms. The van der Waals surface area contributed by atoms with Gasteiger partial charge in [0.25, 0.3) is 11.5 Å². The van der Waals surface area contributed by atoms with Crippen LogP contribution in [0.5, 0.6) is 0 Å². The third kappa shape index (κ3) is 4.27. The average molecular weight is 445 g/mol. The predicted molar refractivity (Wildman–Crippen MR) is 104 cm³/mol. The van der Waals surface area contributed by atoms with Gasteiger partial charge in [-0.1, -0.05) is 34.8 Å². The predicted octanol–water partition coefficient (Wildman–Crippen LogP) is 2.27. The molecule has 1 aromatic carbocycles. The lowest BCUT2D eigenvalue weighted by atomic mass is 10.3. The number of amides is 1. The fourth-order valence-electron chi connectivity index (χ4n) is 2.31. The van der Waals surface area contributed by atoms with Crippen molar-refractivity contribution in [1.29, 1.82) is 0 Å². The van der Waals surface area contributed by atoms with Crippen LogP contribution in [0.15, 0.2) is 29.5 Å². The van der Waals surface area contributed by atoms with Crippen molar-refractivity contribution in [3.05, 3.63) is 50.1 Å². The molecule has 3 aromatic rings. The summed E-state index contributed by atoms with van der Waals surface area (Å²) in [6.45, 7) is -0.982. The Morgan fingerprint density at radius 3 is 2.64 bits per heavy atom. The zero-order valence-electron chi connectivity index (χ0n) is 14.3. The quantitative estimate of drug-likeness (QED) is 0.478. The molecule has 1 amide bonds. The minimum absolute atomic E-state index is 0.177. The second kappa shape index (κ2) is 8.17. The van der Waals surface area contributed by atoms with Gasteiger partial charge in [0.2, 0.25) is 0 Å². The van der Waals surface area contributed by atoms with E-state index in [1.54, 1.807) is 7.05 Å². The van der Waals surface area contributed by atoms with E-state index in [9.17, 15) is 14.4 Å². The van der Waals surface area contributed by atoms with Gasteiger partial charge in [-0.2, -0.15) is 5.10 Å². The first-order chi connectivity index (χ1) is 13.3. The SMILES string of the molecule is Cn1ncc2c(=O)n(CC(=O)OCC(=O)Nc3cc(Cl)c(Cl)cc3Cl)cnc21. The highest BCUT2D eigenvalue weighted by molar-refractivity contribution is 6.44. The highest BCUT2D eigenvalue weighted by atomic mass is 35.5. The normalized spacial score (nSPS) is 10.9. The van der Waals surface area contributed by atoms with Crippen LogP contribution in [0.2, 0.25) is 15.1 Å². The number of halogens is 3. The number of rotatable bonds is 5. The summed E-state index contributed by atoms with van der Waals surface area (Å²) in [6, 6.07) is 2.75. The lowest BCUT2D eigenvalue weighted by molar-refractivity contribution is -0.147. The van der Waals surface area contributed by atoms with E-state index in [1.165, 1.54) is 29.3 Å². The summed E-state index contributed by atoms with van der Waals surface area (Å²) in [4.78, 5) is 40.3. The van der Waals surface area contributed by atoms with Crippen LogP contribution in [0.1, 0.15) is 0 Å². The summed E-state index contributed by atoms with van der Waals surface area (Å²) in [5, 5.41) is 7.28. The lowest BCUT2D eigenvalue weighted by Gasteiger charge is -2.10. The molecule has 2 heterocycles. The van der Waals surface area contributed by atoms with Crippen molar-refractivity contribution in [1.82, 2.24) is 19.3 Å². The van der Waals surface area contributed by atoms with Crippen molar-refractivity contribution in [2.75, 3.05) is 11.9 Å². The molecule has 0 bridgehead atoms. The van der Waals surface area contributed by atoms with Gasteiger partial charge >= 0.3 is 5.97 Å². The molecule has 0 aliphatic carbocycles. The molecular formula is C16H12Cl3N5O4. The molecule has 0 radical (unpaired) electrons. The molecule has 0 aliphatic heterocycles. The highest BCUT2D eigenvalue weighted by Crippen LogP contribution is 2.32. The Bertz CT molecular complexity index is 1140. The van der Waals surface area contributed by atoms with Crippen LogP contribution in [0.25, 0.3) is 11.0 Å². The monoisotopic (exact) mass is 443 g/mol. The molecule has 0 spiro atoms. The van der Waals surface area contributed by atoms with Gasteiger partial charge in [0.15, 0.2) is 12.3 Å². The van der Waals surface area contributed by atoms with Crippen molar-refractivity contribution in [2.24, 2.45) is 7.05 Å². The Morgan fingerprint density at radius 2 is 1.89 bits per heavy atom. The first kappa shape index (κ1) is 20.1. The van der Waals surface area contributed by atoms with Crippen LogP contribution in [-0.2, 0) is 27.9 Å². The second-order valence-electron chi connectivity index (χ2n) is 5.64. The van der Waals surface area contributed by atoms with Crippen LogP contribution in [-0.4, -0.2) is 37.8 Å². The van der Waals surface area contributed by atoms with Gasteiger partial charge in [-0.05, 0) is 12.1 Å². The van der Waals surface area contributed by atoms with Crippen molar-refractivity contribution < 1.29 is 14.3 Å². The first-order valence-corrected chi connectivity index (χ1v) is 8.87. The van der Waals surface area contributed by atoms with Crippen molar-refractivity contribution in [3.63, 3.8) is 0 Å². The minimum atomic E-state index is -0.789. The van der Waals surface area contributed by atoms with Gasteiger partial charge in [-0.15, -0.1) is 0 Å². The van der Waals surface area contributed by atoms with Crippen LogP contribution < -0.4 is 10.9 Å². The van der Waals surface area contributed by atoms with Gasteiger partial charge in [-0.3, -0.25) is 23.6 Å². The van der Waals surface area contributed by atoms with E-state index in [0.717, 1.165) is 4.57 Å². The van der Waals surface area contributed by atoms with Crippen molar-refractivity contribution in [3.8, 4) is 0 Å². The lowest BCUT2D eigenvalue weighted by Crippen LogP contribution is -2.28. The molecule has 0 saturated heterocycles. The maximum Gasteiger partial charge on any atom is 0.326 e. The molecule has 3 rings (SSSR count). The molecule has 9 nitrogen and oxygen atoms in total. The summed E-state index contributed by atoms with van der Waals surface area (Å²) in [6.07, 6.45) is 2.57. The van der Waals surface area contributed by atoms with Gasteiger partial charge in [0.05, 0.1) is 27.0 Å².